The Bertz CT molecular complexity index is 669. The fraction of sp³-hybridized carbons (Fsp3) is 0.286. The second kappa shape index (κ2) is 8.28. The highest BCUT2D eigenvalue weighted by Crippen LogP contribution is 2.20. The fourth-order valence-electron chi connectivity index (χ4n) is 1.69. The summed E-state index contributed by atoms with van der Waals surface area (Å²) in [6.07, 6.45) is 1.49. The molecule has 0 aliphatic heterocycles. The molecule has 0 spiro atoms. The van der Waals surface area contributed by atoms with Crippen LogP contribution >= 0.6 is 15.9 Å². The van der Waals surface area contributed by atoms with E-state index < -0.39 is 0 Å². The van der Waals surface area contributed by atoms with Gasteiger partial charge in [0.05, 0.1) is 6.21 Å². The molecule has 0 aliphatic rings. The predicted octanol–water partition coefficient (Wildman–Crippen LogP) is 2.65. The lowest BCUT2D eigenvalue weighted by molar-refractivity contribution is 0.474. The van der Waals surface area contributed by atoms with E-state index in [2.05, 4.69) is 52.0 Å². The monoisotopic (exact) mass is 379 g/mol. The van der Waals surface area contributed by atoms with Gasteiger partial charge in [0.1, 0.15) is 5.75 Å². The third kappa shape index (κ3) is 5.06. The van der Waals surface area contributed by atoms with Crippen molar-refractivity contribution in [3.8, 4) is 5.75 Å². The first-order valence-electron chi connectivity index (χ1n) is 7.13. The number of hydrogen-bond acceptors (Lipinski definition) is 8. The third-order valence-corrected chi connectivity index (χ3v) is 3.16. The summed E-state index contributed by atoms with van der Waals surface area (Å²) in [5.41, 5.74) is 3.31. The molecule has 2 aromatic rings. The van der Waals surface area contributed by atoms with Gasteiger partial charge in [0.2, 0.25) is 17.8 Å². The second-order valence-electron chi connectivity index (χ2n) is 4.44. The largest absolute Gasteiger partial charge is 0.507 e. The smallest absolute Gasteiger partial charge is 0.250 e. The number of nitrogens with one attached hydrogen (secondary N) is 3. The minimum atomic E-state index is 0.135. The van der Waals surface area contributed by atoms with Crippen molar-refractivity contribution in [3.63, 3.8) is 0 Å². The molecule has 0 atom stereocenters. The number of phenolic OH excluding ortho intramolecular Hbond substituents is 1. The van der Waals surface area contributed by atoms with Gasteiger partial charge in [0.25, 0.3) is 0 Å². The quantitative estimate of drug-likeness (QED) is 0.432. The van der Waals surface area contributed by atoms with Crippen molar-refractivity contribution in [1.82, 2.24) is 15.0 Å². The molecule has 122 valence electrons. The van der Waals surface area contributed by atoms with Gasteiger partial charge < -0.3 is 15.7 Å². The summed E-state index contributed by atoms with van der Waals surface area (Å²) in [5, 5.41) is 19.9. The molecule has 0 fully saturated rings. The first-order valence-corrected chi connectivity index (χ1v) is 7.93. The summed E-state index contributed by atoms with van der Waals surface area (Å²) in [6.45, 7) is 5.31. The van der Waals surface area contributed by atoms with Gasteiger partial charge >= 0.3 is 0 Å². The van der Waals surface area contributed by atoms with Crippen LogP contribution in [0.4, 0.5) is 17.8 Å². The number of nitrogens with zero attached hydrogens (tertiary/aromatic N) is 4. The van der Waals surface area contributed by atoms with Crippen LogP contribution in [0.3, 0.4) is 0 Å². The lowest BCUT2D eigenvalue weighted by atomic mass is 10.2. The zero-order valence-corrected chi connectivity index (χ0v) is 14.4. The molecule has 8 nitrogen and oxygen atoms in total. The van der Waals surface area contributed by atoms with E-state index in [9.17, 15) is 5.11 Å². The first-order chi connectivity index (χ1) is 11.1. The minimum Gasteiger partial charge on any atom is -0.507 e. The topological polar surface area (TPSA) is 107 Å². The molecule has 23 heavy (non-hydrogen) atoms. The van der Waals surface area contributed by atoms with Crippen LogP contribution in [0.25, 0.3) is 0 Å². The van der Waals surface area contributed by atoms with Gasteiger partial charge in [0.15, 0.2) is 0 Å². The summed E-state index contributed by atoms with van der Waals surface area (Å²) in [5.74, 6) is 1.36. The molecule has 0 bridgehead atoms. The summed E-state index contributed by atoms with van der Waals surface area (Å²) < 4.78 is 0.848. The molecule has 2 rings (SSSR count). The maximum Gasteiger partial charge on any atom is 0.250 e. The summed E-state index contributed by atoms with van der Waals surface area (Å²) in [6, 6.07) is 5.08. The minimum absolute atomic E-state index is 0.135. The number of aromatic hydroxyl groups is 1. The van der Waals surface area contributed by atoms with Crippen LogP contribution in [-0.4, -0.2) is 39.4 Å². The molecule has 0 radical (unpaired) electrons. The van der Waals surface area contributed by atoms with Crippen LogP contribution in [0.1, 0.15) is 19.4 Å². The van der Waals surface area contributed by atoms with E-state index >= 15 is 0 Å². The Hall–Kier alpha value is -2.42. The van der Waals surface area contributed by atoms with Crippen molar-refractivity contribution in [2.45, 2.75) is 13.8 Å². The summed E-state index contributed by atoms with van der Waals surface area (Å²) in [4.78, 5) is 12.6. The van der Waals surface area contributed by atoms with Gasteiger partial charge in [-0.05, 0) is 32.0 Å². The number of halogens is 1. The molecule has 0 amide bonds. The van der Waals surface area contributed by atoms with Crippen LogP contribution in [-0.2, 0) is 0 Å². The maximum atomic E-state index is 9.76. The Morgan fingerprint density at radius 1 is 1.09 bits per heavy atom. The van der Waals surface area contributed by atoms with E-state index in [1.807, 2.05) is 13.8 Å². The highest BCUT2D eigenvalue weighted by Gasteiger charge is 2.05. The standard InChI is InChI=1S/C14H18BrN7O/c1-3-16-12-19-13(17-4-2)21-14(20-12)22-18-8-9-7-10(15)5-6-11(9)23/h5-8,23H,3-4H2,1-2H3,(H3,16,17,19,20,21,22)/b18-8-. The Kier molecular flexibility index (Phi) is 6.10. The van der Waals surface area contributed by atoms with Gasteiger partial charge in [-0.3, -0.25) is 0 Å². The molecule has 4 N–H and O–H groups in total. The Balaban J connectivity index is 2.15. The average molecular weight is 380 g/mol. The van der Waals surface area contributed by atoms with E-state index in [0.717, 1.165) is 4.47 Å². The van der Waals surface area contributed by atoms with Gasteiger partial charge in [-0.2, -0.15) is 20.1 Å². The molecular formula is C14H18BrN7O. The highest BCUT2D eigenvalue weighted by molar-refractivity contribution is 9.10. The van der Waals surface area contributed by atoms with Gasteiger partial charge in [-0.15, -0.1) is 0 Å². The van der Waals surface area contributed by atoms with Gasteiger partial charge in [0, 0.05) is 23.1 Å². The van der Waals surface area contributed by atoms with E-state index in [1.54, 1.807) is 18.2 Å². The van der Waals surface area contributed by atoms with E-state index in [-0.39, 0.29) is 5.75 Å². The zero-order chi connectivity index (χ0) is 16.7. The van der Waals surface area contributed by atoms with E-state index in [0.29, 0.717) is 36.5 Å². The number of anilines is 3. The van der Waals surface area contributed by atoms with Crippen LogP contribution in [0.15, 0.2) is 27.8 Å². The Morgan fingerprint density at radius 3 is 2.30 bits per heavy atom. The van der Waals surface area contributed by atoms with Gasteiger partial charge in [-0.1, -0.05) is 15.9 Å². The van der Waals surface area contributed by atoms with Crippen molar-refractivity contribution >= 4 is 40.0 Å². The number of hydrogen-bond donors (Lipinski definition) is 4. The maximum absolute atomic E-state index is 9.76. The first kappa shape index (κ1) is 16.9. The lowest BCUT2D eigenvalue weighted by Gasteiger charge is -2.07. The second-order valence-corrected chi connectivity index (χ2v) is 5.36. The van der Waals surface area contributed by atoms with Crippen LogP contribution in [0, 0.1) is 0 Å². The Labute approximate surface area is 142 Å². The lowest BCUT2D eigenvalue weighted by Crippen LogP contribution is -2.10. The fourth-order valence-corrected chi connectivity index (χ4v) is 2.07. The van der Waals surface area contributed by atoms with Crippen molar-refractivity contribution in [2.75, 3.05) is 29.1 Å². The van der Waals surface area contributed by atoms with Crippen molar-refractivity contribution in [1.29, 1.82) is 0 Å². The molecule has 0 unspecified atom stereocenters. The van der Waals surface area contributed by atoms with Crippen molar-refractivity contribution < 1.29 is 5.11 Å². The zero-order valence-electron chi connectivity index (χ0n) is 12.8. The normalized spacial score (nSPS) is 10.7. The van der Waals surface area contributed by atoms with Crippen LogP contribution in [0.2, 0.25) is 0 Å². The van der Waals surface area contributed by atoms with Gasteiger partial charge in [-0.25, -0.2) is 5.43 Å². The molecule has 9 heteroatoms. The summed E-state index contributed by atoms with van der Waals surface area (Å²) in [7, 11) is 0. The molecule has 0 saturated carbocycles. The molecule has 1 heterocycles. The molecule has 1 aromatic carbocycles. The van der Waals surface area contributed by atoms with Crippen LogP contribution < -0.4 is 16.1 Å². The number of rotatable bonds is 7. The molecule has 1 aromatic heterocycles. The van der Waals surface area contributed by atoms with Crippen LogP contribution in [0.5, 0.6) is 5.75 Å². The molecule has 0 saturated heterocycles. The molecule has 0 aliphatic carbocycles. The molecular weight excluding hydrogens is 362 g/mol. The van der Waals surface area contributed by atoms with Crippen molar-refractivity contribution in [2.24, 2.45) is 5.10 Å². The Morgan fingerprint density at radius 2 is 1.70 bits per heavy atom. The number of aromatic nitrogens is 3. The number of hydrazone groups is 1. The summed E-state index contributed by atoms with van der Waals surface area (Å²) >= 11 is 3.34. The number of benzene rings is 1. The van der Waals surface area contributed by atoms with E-state index in [1.165, 1.54) is 6.21 Å². The third-order valence-electron chi connectivity index (χ3n) is 2.66. The van der Waals surface area contributed by atoms with Crippen molar-refractivity contribution in [3.05, 3.63) is 28.2 Å². The average Bonchev–Trinajstić information content (AvgIpc) is 2.51. The number of phenols is 1. The highest BCUT2D eigenvalue weighted by atomic mass is 79.9. The SMILES string of the molecule is CCNc1nc(NCC)nc(N/N=C\c2cc(Br)ccc2O)n1. The predicted molar refractivity (Wildman–Crippen MR) is 95.2 cm³/mol. The van der Waals surface area contributed by atoms with E-state index in [4.69, 9.17) is 0 Å².